The molecule has 4 rings (SSSR count). The zero-order chi connectivity index (χ0) is 29.8. The second kappa shape index (κ2) is 12.7. The van der Waals surface area contributed by atoms with E-state index < -0.39 is 10.8 Å². The summed E-state index contributed by atoms with van der Waals surface area (Å²) in [6, 6.07) is 6.71. The van der Waals surface area contributed by atoms with E-state index in [1.807, 2.05) is 61.5 Å². The number of fused-ring (bicyclic) bond motifs is 1. The van der Waals surface area contributed by atoms with Crippen molar-refractivity contribution in [1.29, 1.82) is 0 Å². The Morgan fingerprint density at radius 3 is 2.15 bits per heavy atom. The van der Waals surface area contributed by atoms with Crippen molar-refractivity contribution in [2.24, 2.45) is 16.7 Å². The summed E-state index contributed by atoms with van der Waals surface area (Å²) in [4.78, 5) is 27.2. The van der Waals surface area contributed by atoms with Crippen LogP contribution in [0.15, 0.2) is 18.2 Å². The lowest BCUT2D eigenvalue weighted by Crippen LogP contribution is -2.52. The van der Waals surface area contributed by atoms with Gasteiger partial charge in [0.25, 0.3) is 0 Å². The van der Waals surface area contributed by atoms with Crippen LogP contribution in [-0.2, 0) is 26.2 Å². The molecule has 0 N–H and O–H groups in total. The van der Waals surface area contributed by atoms with Crippen molar-refractivity contribution >= 4 is 11.9 Å². The van der Waals surface area contributed by atoms with Gasteiger partial charge in [0.2, 0.25) is 6.73 Å². The molecule has 0 amide bonds. The summed E-state index contributed by atoms with van der Waals surface area (Å²) in [7, 11) is 6.38. The van der Waals surface area contributed by atoms with Gasteiger partial charge in [0.1, 0.15) is 5.75 Å². The van der Waals surface area contributed by atoms with E-state index in [9.17, 15) is 9.59 Å². The number of carbonyl (C=O) groups excluding carboxylic acids is 2. The number of esters is 2. The molecule has 1 saturated heterocycles. The summed E-state index contributed by atoms with van der Waals surface area (Å²) < 4.78 is 12.4. The zero-order valence-corrected chi connectivity index (χ0v) is 27.1. The third-order valence-corrected chi connectivity index (χ3v) is 8.61. The number of benzene rings is 1. The van der Waals surface area contributed by atoms with Gasteiger partial charge < -0.3 is 14.4 Å². The topological polar surface area (TPSA) is 55.8 Å². The fourth-order valence-electron chi connectivity index (χ4n) is 6.31. The third kappa shape index (κ3) is 7.43. The van der Waals surface area contributed by atoms with Crippen molar-refractivity contribution in [2.75, 3.05) is 41.0 Å². The summed E-state index contributed by atoms with van der Waals surface area (Å²) in [5.74, 6) is 0.898. The molecule has 39 heavy (non-hydrogen) atoms. The number of likely N-dealkylation sites (N-methyl/N-ethyl adjacent to an activating group) is 1. The smallest absolute Gasteiger partial charge is 0.316 e. The van der Waals surface area contributed by atoms with Gasteiger partial charge in [-0.3, -0.25) is 14.1 Å². The summed E-state index contributed by atoms with van der Waals surface area (Å²) >= 11 is 0. The minimum atomic E-state index is -0.535. The maximum absolute atomic E-state index is 12.5. The van der Waals surface area contributed by atoms with Crippen LogP contribution in [0.4, 0.5) is 0 Å². The third-order valence-electron chi connectivity index (χ3n) is 8.61. The molecule has 222 valence electrons. The van der Waals surface area contributed by atoms with Gasteiger partial charge >= 0.3 is 11.9 Å². The summed E-state index contributed by atoms with van der Waals surface area (Å²) in [5, 5.41) is 0. The second-order valence-corrected chi connectivity index (χ2v) is 14.1. The molecule has 2 fully saturated rings. The average molecular weight is 546 g/mol. The van der Waals surface area contributed by atoms with Gasteiger partial charge in [0, 0.05) is 12.3 Å². The van der Waals surface area contributed by atoms with E-state index in [1.54, 1.807) is 0 Å². The van der Waals surface area contributed by atoms with Crippen LogP contribution >= 0.6 is 0 Å². The van der Waals surface area contributed by atoms with Crippen LogP contribution in [0.3, 0.4) is 0 Å². The summed E-state index contributed by atoms with van der Waals surface area (Å²) in [6.45, 7) is 20.0. The van der Waals surface area contributed by atoms with Gasteiger partial charge in [0.15, 0.2) is 0 Å². The molecular formula is C33H57N2O4+. The number of rotatable bonds is 4. The number of hydrogen-bond acceptors (Lipinski definition) is 5. The molecule has 2 unspecified atom stereocenters. The van der Waals surface area contributed by atoms with Gasteiger partial charge in [-0.25, -0.2) is 0 Å². The second-order valence-electron chi connectivity index (χ2n) is 14.1. The van der Waals surface area contributed by atoms with Crippen LogP contribution in [0.2, 0.25) is 0 Å². The summed E-state index contributed by atoms with van der Waals surface area (Å²) in [5.41, 5.74) is 1.78. The van der Waals surface area contributed by atoms with Crippen LogP contribution < -0.4 is 4.74 Å². The summed E-state index contributed by atoms with van der Waals surface area (Å²) in [6.07, 6.45) is 5.84. The van der Waals surface area contributed by atoms with Crippen molar-refractivity contribution in [1.82, 2.24) is 4.90 Å². The quantitative estimate of drug-likeness (QED) is 0.243. The Labute approximate surface area is 239 Å². The number of hydrogen-bond donors (Lipinski definition) is 0. The monoisotopic (exact) mass is 545 g/mol. The van der Waals surface area contributed by atoms with E-state index in [1.165, 1.54) is 30.4 Å². The molecule has 4 atom stereocenters. The maximum Gasteiger partial charge on any atom is 0.316 e. The molecule has 2 bridgehead atoms. The first-order valence-electron chi connectivity index (χ1n) is 15.1. The number of likely N-dealkylation sites (tertiary alicyclic amines) is 1. The lowest BCUT2D eigenvalue weighted by molar-refractivity contribution is -0.939. The van der Waals surface area contributed by atoms with E-state index in [4.69, 9.17) is 9.47 Å². The highest BCUT2D eigenvalue weighted by Gasteiger charge is 2.64. The first kappa shape index (κ1) is 33.3. The van der Waals surface area contributed by atoms with Crippen LogP contribution in [0.5, 0.6) is 5.75 Å². The van der Waals surface area contributed by atoms with Crippen molar-refractivity contribution in [3.05, 3.63) is 29.3 Å². The average Bonchev–Trinajstić information content (AvgIpc) is 3.06. The molecular weight excluding hydrogens is 488 g/mol. The van der Waals surface area contributed by atoms with Crippen LogP contribution in [-0.4, -0.2) is 68.3 Å². The zero-order valence-electron chi connectivity index (χ0n) is 27.1. The van der Waals surface area contributed by atoms with Gasteiger partial charge in [-0.15, -0.1) is 0 Å². The van der Waals surface area contributed by atoms with Crippen LogP contribution in [0.25, 0.3) is 0 Å². The standard InChI is InChI=1S/C27H40NO4.C4H11N.C2H6/c1-25(2,3)23(29)31-17-28(7)16-27-13-9-8-10-20(27)22(28)14-18-11-12-19(15-21(18)27)32-24(30)26(4,5)6;1-4-5(2)3;1-2/h11-12,15,20,22H,8-10,13-14,16-17H2,1-7H3;4H2,1-3H3;1-2H3/q+1;;/t20?,22?,27-,28+;;/m1../s1. The molecule has 2 aliphatic carbocycles. The molecule has 6 nitrogen and oxygen atoms in total. The van der Waals surface area contributed by atoms with Crippen LogP contribution in [0.1, 0.15) is 99.1 Å². The number of carbonyl (C=O) groups is 2. The largest absolute Gasteiger partial charge is 0.426 e. The van der Waals surface area contributed by atoms with Gasteiger partial charge in [0.05, 0.1) is 35.9 Å². The lowest BCUT2D eigenvalue weighted by atomic mass is 9.58. The van der Waals surface area contributed by atoms with Crippen molar-refractivity contribution in [3.8, 4) is 5.75 Å². The first-order chi connectivity index (χ1) is 18.0. The first-order valence-corrected chi connectivity index (χ1v) is 15.1. The van der Waals surface area contributed by atoms with E-state index in [0.29, 0.717) is 24.4 Å². The molecule has 0 aromatic heterocycles. The highest BCUT2D eigenvalue weighted by atomic mass is 16.6. The number of quaternary nitrogens is 1. The highest BCUT2D eigenvalue weighted by molar-refractivity contribution is 5.78. The van der Waals surface area contributed by atoms with Crippen molar-refractivity contribution in [2.45, 2.75) is 106 Å². The molecule has 0 spiro atoms. The van der Waals surface area contributed by atoms with E-state index in [0.717, 1.165) is 30.4 Å². The Morgan fingerprint density at radius 1 is 1.03 bits per heavy atom. The Balaban J connectivity index is 0.000000686. The number of nitrogens with zero attached hydrogens (tertiary/aromatic N) is 2. The lowest BCUT2D eigenvalue weighted by Gasteiger charge is -2.43. The Kier molecular flexibility index (Phi) is 10.9. The van der Waals surface area contributed by atoms with Gasteiger partial charge in [-0.1, -0.05) is 39.7 Å². The fourth-order valence-corrected chi connectivity index (χ4v) is 6.31. The maximum atomic E-state index is 12.5. The van der Waals surface area contributed by atoms with Gasteiger partial charge in [-0.05, 0) is 98.3 Å². The molecule has 1 aliphatic heterocycles. The molecule has 1 aromatic rings. The molecule has 1 saturated carbocycles. The highest BCUT2D eigenvalue weighted by Crippen LogP contribution is 2.58. The Morgan fingerprint density at radius 2 is 1.62 bits per heavy atom. The van der Waals surface area contributed by atoms with E-state index >= 15 is 0 Å². The van der Waals surface area contributed by atoms with Crippen molar-refractivity contribution < 1.29 is 23.5 Å². The fraction of sp³-hybridized carbons (Fsp3) is 0.758. The SMILES string of the molecule is CC.CC(C)(C)C(=O)OC[N@+]1(C)C[C@]23CCCCC2C1Cc1ccc(OC(=O)C(C)(C)C)cc13.CCN(C)C. The predicted octanol–water partition coefficient (Wildman–Crippen LogP) is 6.59. The Bertz CT molecular complexity index is 990. The van der Waals surface area contributed by atoms with E-state index in [2.05, 4.69) is 45.1 Å². The van der Waals surface area contributed by atoms with Crippen LogP contribution in [0, 0.1) is 16.7 Å². The molecule has 1 heterocycles. The van der Waals surface area contributed by atoms with Gasteiger partial charge in [-0.2, -0.15) is 0 Å². The minimum Gasteiger partial charge on any atom is -0.426 e. The normalized spacial score (nSPS) is 27.2. The van der Waals surface area contributed by atoms with E-state index in [-0.39, 0.29) is 17.4 Å². The molecule has 6 heteroatoms. The van der Waals surface area contributed by atoms with Crippen molar-refractivity contribution in [3.63, 3.8) is 0 Å². The molecule has 1 aromatic carbocycles. The Hall–Kier alpha value is -1.92. The molecule has 0 radical (unpaired) electrons. The number of ether oxygens (including phenoxy) is 2. The minimum absolute atomic E-state index is 0.0730. The molecule has 3 aliphatic rings. The predicted molar refractivity (Wildman–Crippen MR) is 160 cm³/mol.